The van der Waals surface area contributed by atoms with E-state index in [4.69, 9.17) is 14.6 Å². The van der Waals surface area contributed by atoms with Crippen LogP contribution in [0.25, 0.3) is 0 Å². The molecule has 0 aliphatic rings. The summed E-state index contributed by atoms with van der Waals surface area (Å²) in [6.45, 7) is 0. The van der Waals surface area contributed by atoms with E-state index < -0.39 is 0 Å². The summed E-state index contributed by atoms with van der Waals surface area (Å²) in [5.74, 6) is 1.89. The summed E-state index contributed by atoms with van der Waals surface area (Å²) in [6, 6.07) is 20.3. The van der Waals surface area contributed by atoms with Crippen molar-refractivity contribution >= 4 is 12.6 Å². The summed E-state index contributed by atoms with van der Waals surface area (Å²) in [4.78, 5) is 21.2. The molecule has 0 saturated heterocycles. The lowest BCUT2D eigenvalue weighted by atomic mass is 10.2. The molecule has 134 valence electrons. The minimum absolute atomic E-state index is 0. The lowest BCUT2D eigenvalue weighted by molar-refractivity contribution is 0.111. The van der Waals surface area contributed by atoms with E-state index in [-0.39, 0.29) is 1.43 Å². The Kier molecular flexibility index (Phi) is 6.94. The Balaban J connectivity index is 0.000000385. The number of methoxy groups -OCH3 is 1. The first kappa shape index (κ1) is 18.7. The molecule has 0 aromatic heterocycles. The van der Waals surface area contributed by atoms with Crippen LogP contribution in [0.4, 0.5) is 0 Å². The highest BCUT2D eigenvalue weighted by Gasteiger charge is 2.06. The van der Waals surface area contributed by atoms with Gasteiger partial charge in [-0.15, -0.1) is 0 Å². The van der Waals surface area contributed by atoms with Crippen LogP contribution in [0.5, 0.6) is 23.0 Å². The maximum atomic E-state index is 10.7. The van der Waals surface area contributed by atoms with Crippen LogP contribution in [0.2, 0.25) is 0 Å². The smallest absolute Gasteiger partial charge is 0.169 e. The van der Waals surface area contributed by atoms with Gasteiger partial charge in [0.1, 0.15) is 24.1 Å². The molecule has 3 aromatic rings. The van der Waals surface area contributed by atoms with Crippen molar-refractivity contribution in [2.75, 3.05) is 7.11 Å². The van der Waals surface area contributed by atoms with Crippen molar-refractivity contribution in [2.45, 2.75) is 0 Å². The zero-order valence-electron chi connectivity index (χ0n) is 14.2. The minimum atomic E-state index is 0. The third kappa shape index (κ3) is 5.49. The molecule has 0 saturated carbocycles. The molecule has 0 spiro atoms. The Labute approximate surface area is 152 Å². The number of phenols is 1. The third-order valence-corrected chi connectivity index (χ3v) is 3.32. The molecule has 0 radical (unpaired) electrons. The van der Waals surface area contributed by atoms with Crippen LogP contribution in [0.1, 0.15) is 22.1 Å². The predicted octanol–water partition coefficient (Wildman–Crippen LogP) is 4.75. The largest absolute Gasteiger partial charge is 0.508 e. The van der Waals surface area contributed by atoms with Crippen LogP contribution >= 0.6 is 0 Å². The van der Waals surface area contributed by atoms with Gasteiger partial charge in [-0.05, 0) is 54.6 Å². The summed E-state index contributed by atoms with van der Waals surface area (Å²) in [5, 5.41) is 8.63. The van der Waals surface area contributed by atoms with E-state index in [0.29, 0.717) is 34.1 Å². The molecule has 0 bridgehead atoms. The maximum absolute atomic E-state index is 10.7. The average Bonchev–Trinajstić information content (AvgIpc) is 2.70. The SMILES string of the molecule is COc1cc(C=O)ccc1Oc1ccc(C=O)cc1.Oc1ccccc1.[2HH]. The Morgan fingerprint density at radius 1 is 0.808 bits per heavy atom. The molecule has 0 atom stereocenters. The highest BCUT2D eigenvalue weighted by molar-refractivity contribution is 5.76. The zero-order valence-corrected chi connectivity index (χ0v) is 14.2. The molecule has 0 amide bonds. The van der Waals surface area contributed by atoms with E-state index in [1.54, 1.807) is 66.7 Å². The predicted molar refractivity (Wildman–Crippen MR) is 101 cm³/mol. The average molecular weight is 353 g/mol. The topological polar surface area (TPSA) is 72.8 Å². The van der Waals surface area contributed by atoms with Crippen LogP contribution in [0.15, 0.2) is 72.8 Å². The lowest BCUT2D eigenvalue weighted by Crippen LogP contribution is -1.92. The number of hydrogen-bond donors (Lipinski definition) is 1. The van der Waals surface area contributed by atoms with Gasteiger partial charge in [0.25, 0.3) is 0 Å². The van der Waals surface area contributed by atoms with Gasteiger partial charge in [-0.1, -0.05) is 18.2 Å². The van der Waals surface area contributed by atoms with Crippen LogP contribution in [0, 0.1) is 0 Å². The normalized spacial score (nSPS) is 9.42. The zero-order chi connectivity index (χ0) is 18.8. The fraction of sp³-hybridized carbons (Fsp3) is 0.0476. The number of aldehydes is 2. The number of carbonyl (C=O) groups is 2. The summed E-state index contributed by atoms with van der Waals surface area (Å²) < 4.78 is 10.8. The number of ether oxygens (including phenoxy) is 2. The second-order valence-electron chi connectivity index (χ2n) is 5.15. The Morgan fingerprint density at radius 3 is 1.92 bits per heavy atom. The highest BCUT2D eigenvalue weighted by Crippen LogP contribution is 2.31. The molecule has 0 aliphatic carbocycles. The molecule has 3 rings (SSSR count). The van der Waals surface area contributed by atoms with Crippen molar-refractivity contribution in [1.29, 1.82) is 0 Å². The van der Waals surface area contributed by atoms with Crippen molar-refractivity contribution in [3.63, 3.8) is 0 Å². The highest BCUT2D eigenvalue weighted by atomic mass is 16.5. The fourth-order valence-corrected chi connectivity index (χ4v) is 2.01. The first-order chi connectivity index (χ1) is 12.7. The molecule has 0 aliphatic heterocycles. The summed E-state index contributed by atoms with van der Waals surface area (Å²) in [6.07, 6.45) is 1.51. The standard InChI is InChI=1S/C15H12O4.C6H6O.H2/c1-18-15-8-12(10-17)4-7-14(15)19-13-5-2-11(9-16)3-6-13;7-6-4-2-1-3-5-6;/h2-10H,1H3;1-5,7H;1H/i;;1+1. The van der Waals surface area contributed by atoms with Gasteiger partial charge in [0, 0.05) is 12.6 Å². The number of rotatable bonds is 5. The molecule has 5 heteroatoms. The number of phenolic OH excluding ortho intramolecular Hbond substituents is 1. The Morgan fingerprint density at radius 2 is 1.42 bits per heavy atom. The van der Waals surface area contributed by atoms with E-state index in [1.165, 1.54) is 7.11 Å². The van der Waals surface area contributed by atoms with Crippen LogP contribution in [-0.4, -0.2) is 24.8 Å². The van der Waals surface area contributed by atoms with E-state index >= 15 is 0 Å². The first-order valence-corrected chi connectivity index (χ1v) is 7.76. The molecule has 5 nitrogen and oxygen atoms in total. The van der Waals surface area contributed by atoms with Crippen molar-refractivity contribution in [2.24, 2.45) is 0 Å². The van der Waals surface area contributed by atoms with Gasteiger partial charge in [-0.25, -0.2) is 0 Å². The molecular formula is C21H20O5. The number of para-hydroxylation sites is 1. The lowest BCUT2D eigenvalue weighted by Gasteiger charge is -2.10. The second kappa shape index (κ2) is 9.64. The molecule has 3 aromatic carbocycles. The summed E-state index contributed by atoms with van der Waals surface area (Å²) in [5.41, 5.74) is 1.09. The van der Waals surface area contributed by atoms with Crippen molar-refractivity contribution in [3.8, 4) is 23.0 Å². The van der Waals surface area contributed by atoms with Crippen molar-refractivity contribution in [1.82, 2.24) is 0 Å². The van der Waals surface area contributed by atoms with Gasteiger partial charge >= 0.3 is 0 Å². The van der Waals surface area contributed by atoms with E-state index in [1.807, 2.05) is 6.07 Å². The monoisotopic (exact) mass is 353 g/mol. The molecule has 0 heterocycles. The van der Waals surface area contributed by atoms with Gasteiger partial charge in [-0.2, -0.15) is 0 Å². The van der Waals surface area contributed by atoms with Crippen LogP contribution in [-0.2, 0) is 0 Å². The Hall–Kier alpha value is -3.60. The molecule has 0 unspecified atom stereocenters. The number of aromatic hydroxyl groups is 1. The molecule has 0 fully saturated rings. The second-order valence-corrected chi connectivity index (χ2v) is 5.15. The van der Waals surface area contributed by atoms with Crippen molar-refractivity contribution in [3.05, 3.63) is 83.9 Å². The van der Waals surface area contributed by atoms with E-state index in [9.17, 15) is 9.59 Å². The number of carbonyl (C=O) groups excluding carboxylic acids is 2. The molecular weight excluding hydrogens is 332 g/mol. The number of benzene rings is 3. The van der Waals surface area contributed by atoms with E-state index in [2.05, 4.69) is 0 Å². The van der Waals surface area contributed by atoms with Gasteiger partial charge < -0.3 is 14.6 Å². The quantitative estimate of drug-likeness (QED) is 0.670. The maximum Gasteiger partial charge on any atom is 0.169 e. The summed E-state index contributed by atoms with van der Waals surface area (Å²) in [7, 11) is 1.51. The number of hydrogen-bond acceptors (Lipinski definition) is 5. The van der Waals surface area contributed by atoms with Crippen LogP contribution in [0.3, 0.4) is 0 Å². The molecule has 1 N–H and O–H groups in total. The van der Waals surface area contributed by atoms with Crippen molar-refractivity contribution < 1.29 is 25.6 Å². The van der Waals surface area contributed by atoms with Crippen LogP contribution < -0.4 is 9.47 Å². The van der Waals surface area contributed by atoms with E-state index in [0.717, 1.165) is 12.6 Å². The summed E-state index contributed by atoms with van der Waals surface area (Å²) >= 11 is 0. The van der Waals surface area contributed by atoms with Gasteiger partial charge in [0.15, 0.2) is 11.5 Å². The fourth-order valence-electron chi connectivity index (χ4n) is 2.01. The molecule has 26 heavy (non-hydrogen) atoms. The minimum Gasteiger partial charge on any atom is -0.508 e. The third-order valence-electron chi connectivity index (χ3n) is 3.32. The van der Waals surface area contributed by atoms with Gasteiger partial charge in [0.05, 0.1) is 7.11 Å². The first-order valence-electron chi connectivity index (χ1n) is 7.76. The van der Waals surface area contributed by atoms with Gasteiger partial charge in [-0.3, -0.25) is 9.59 Å². The Bertz CT molecular complexity index is 848. The van der Waals surface area contributed by atoms with Gasteiger partial charge in [0.2, 0.25) is 0 Å².